The Bertz CT molecular complexity index is 454. The van der Waals surface area contributed by atoms with E-state index in [0.29, 0.717) is 12.5 Å². The standard InChI is InChI=1S/C18H30O4/c1-11(2)15(19)21-10-18(6)13-7-8-17(18,5)14(9-13)22-16(20)12(3)4/h11-14H,7-10H2,1-6H3. The van der Waals surface area contributed by atoms with Gasteiger partial charge in [0.15, 0.2) is 0 Å². The van der Waals surface area contributed by atoms with Crippen LogP contribution in [-0.4, -0.2) is 24.6 Å². The highest BCUT2D eigenvalue weighted by atomic mass is 16.5. The molecular weight excluding hydrogens is 280 g/mol. The molecule has 2 aliphatic rings. The predicted octanol–water partition coefficient (Wildman–Crippen LogP) is 3.58. The molecule has 0 saturated heterocycles. The molecule has 2 aliphatic carbocycles. The van der Waals surface area contributed by atoms with Crippen molar-refractivity contribution in [2.24, 2.45) is 28.6 Å². The highest BCUT2D eigenvalue weighted by molar-refractivity contribution is 5.72. The van der Waals surface area contributed by atoms with Crippen molar-refractivity contribution < 1.29 is 19.1 Å². The molecule has 0 N–H and O–H groups in total. The van der Waals surface area contributed by atoms with Crippen molar-refractivity contribution >= 4 is 11.9 Å². The predicted molar refractivity (Wildman–Crippen MR) is 84.1 cm³/mol. The number of carbonyl (C=O) groups excluding carboxylic acids is 2. The summed E-state index contributed by atoms with van der Waals surface area (Å²) in [6.45, 7) is 12.2. The molecule has 4 nitrogen and oxygen atoms in total. The van der Waals surface area contributed by atoms with E-state index >= 15 is 0 Å². The quantitative estimate of drug-likeness (QED) is 0.728. The third kappa shape index (κ3) is 2.65. The van der Waals surface area contributed by atoms with Crippen LogP contribution in [0.5, 0.6) is 0 Å². The Morgan fingerprint density at radius 1 is 1.09 bits per heavy atom. The van der Waals surface area contributed by atoms with Crippen molar-refractivity contribution in [2.45, 2.75) is 66.9 Å². The molecule has 4 unspecified atom stereocenters. The van der Waals surface area contributed by atoms with Crippen LogP contribution in [0.25, 0.3) is 0 Å². The van der Waals surface area contributed by atoms with E-state index in [0.717, 1.165) is 19.3 Å². The van der Waals surface area contributed by atoms with E-state index in [4.69, 9.17) is 9.47 Å². The highest BCUT2D eigenvalue weighted by Gasteiger charge is 2.65. The third-order valence-electron chi connectivity index (χ3n) is 6.14. The second kappa shape index (κ2) is 5.86. The molecule has 0 aromatic rings. The number of rotatable bonds is 5. The van der Waals surface area contributed by atoms with Crippen LogP contribution in [0.1, 0.15) is 60.8 Å². The SMILES string of the molecule is CC(C)C(=O)OCC1(C)C2CCC1(C)C(OC(=O)C(C)C)C2. The highest BCUT2D eigenvalue weighted by Crippen LogP contribution is 2.66. The summed E-state index contributed by atoms with van der Waals surface area (Å²) in [5, 5.41) is 0. The van der Waals surface area contributed by atoms with E-state index < -0.39 is 0 Å². The smallest absolute Gasteiger partial charge is 0.308 e. The molecule has 0 amide bonds. The molecule has 4 heteroatoms. The number of carbonyl (C=O) groups is 2. The molecule has 126 valence electrons. The van der Waals surface area contributed by atoms with Crippen LogP contribution in [0, 0.1) is 28.6 Å². The Balaban J connectivity index is 2.10. The van der Waals surface area contributed by atoms with Crippen molar-refractivity contribution in [2.75, 3.05) is 6.61 Å². The molecular formula is C18H30O4. The van der Waals surface area contributed by atoms with Crippen LogP contribution in [0.3, 0.4) is 0 Å². The molecule has 0 spiro atoms. The van der Waals surface area contributed by atoms with Gasteiger partial charge in [0.2, 0.25) is 0 Å². The maximum Gasteiger partial charge on any atom is 0.308 e. The molecule has 0 aromatic heterocycles. The second-order valence-corrected chi connectivity index (χ2v) is 8.15. The fraction of sp³-hybridized carbons (Fsp3) is 0.889. The lowest BCUT2D eigenvalue weighted by Crippen LogP contribution is -2.43. The molecule has 4 atom stereocenters. The average Bonchev–Trinajstić information content (AvgIpc) is 2.80. The molecule has 0 heterocycles. The van der Waals surface area contributed by atoms with Crippen LogP contribution in [0.2, 0.25) is 0 Å². The first-order valence-electron chi connectivity index (χ1n) is 8.49. The summed E-state index contributed by atoms with van der Waals surface area (Å²) in [4.78, 5) is 23.8. The summed E-state index contributed by atoms with van der Waals surface area (Å²) in [6, 6.07) is 0. The van der Waals surface area contributed by atoms with Gasteiger partial charge in [-0.2, -0.15) is 0 Å². The Hall–Kier alpha value is -1.06. The Morgan fingerprint density at radius 2 is 1.68 bits per heavy atom. The monoisotopic (exact) mass is 310 g/mol. The van der Waals surface area contributed by atoms with E-state index in [2.05, 4.69) is 13.8 Å². The van der Waals surface area contributed by atoms with Gasteiger partial charge in [-0.3, -0.25) is 9.59 Å². The third-order valence-corrected chi connectivity index (χ3v) is 6.14. The first kappa shape index (κ1) is 17.3. The lowest BCUT2D eigenvalue weighted by Gasteiger charge is -2.40. The van der Waals surface area contributed by atoms with Crippen LogP contribution < -0.4 is 0 Å². The van der Waals surface area contributed by atoms with E-state index in [1.807, 2.05) is 27.7 Å². The Kier molecular flexibility index (Phi) is 4.61. The zero-order valence-corrected chi connectivity index (χ0v) is 14.8. The lowest BCUT2D eigenvalue weighted by molar-refractivity contribution is -0.165. The lowest BCUT2D eigenvalue weighted by atomic mass is 9.69. The van der Waals surface area contributed by atoms with Gasteiger partial charge in [-0.1, -0.05) is 41.5 Å². The van der Waals surface area contributed by atoms with Crippen LogP contribution in [0.15, 0.2) is 0 Å². The van der Waals surface area contributed by atoms with E-state index in [1.54, 1.807) is 0 Å². The fourth-order valence-electron chi connectivity index (χ4n) is 4.09. The van der Waals surface area contributed by atoms with Gasteiger partial charge >= 0.3 is 11.9 Å². The van der Waals surface area contributed by atoms with Crippen molar-refractivity contribution in [1.29, 1.82) is 0 Å². The molecule has 22 heavy (non-hydrogen) atoms. The van der Waals surface area contributed by atoms with Gasteiger partial charge in [0.25, 0.3) is 0 Å². The number of ether oxygens (including phenoxy) is 2. The maximum absolute atomic E-state index is 12.0. The van der Waals surface area contributed by atoms with Crippen LogP contribution in [-0.2, 0) is 19.1 Å². The summed E-state index contributed by atoms with van der Waals surface area (Å²) in [7, 11) is 0. The minimum absolute atomic E-state index is 0.0519. The summed E-state index contributed by atoms with van der Waals surface area (Å²) < 4.78 is 11.3. The van der Waals surface area contributed by atoms with Gasteiger partial charge in [0.05, 0.1) is 18.4 Å². The summed E-state index contributed by atoms with van der Waals surface area (Å²) in [5.41, 5.74) is -0.195. The number of hydrogen-bond donors (Lipinski definition) is 0. The Labute approximate surface area is 133 Å². The maximum atomic E-state index is 12.0. The van der Waals surface area contributed by atoms with E-state index in [1.165, 1.54) is 0 Å². The van der Waals surface area contributed by atoms with Crippen molar-refractivity contribution in [3.05, 3.63) is 0 Å². The first-order chi connectivity index (χ1) is 10.1. The first-order valence-corrected chi connectivity index (χ1v) is 8.49. The van der Waals surface area contributed by atoms with Crippen molar-refractivity contribution in [3.8, 4) is 0 Å². The normalized spacial score (nSPS) is 36.9. The topological polar surface area (TPSA) is 52.6 Å². The zero-order valence-electron chi connectivity index (χ0n) is 14.8. The summed E-state index contributed by atoms with van der Waals surface area (Å²) in [5.74, 6) is -0.0210. The minimum atomic E-state index is -0.146. The molecule has 2 bridgehead atoms. The summed E-state index contributed by atoms with van der Waals surface area (Å²) in [6.07, 6.45) is 3.00. The molecule has 2 saturated carbocycles. The number of hydrogen-bond acceptors (Lipinski definition) is 4. The second-order valence-electron chi connectivity index (χ2n) is 8.15. The molecule has 0 aliphatic heterocycles. The zero-order chi connectivity index (χ0) is 16.7. The molecule has 0 radical (unpaired) electrons. The van der Waals surface area contributed by atoms with Crippen LogP contribution >= 0.6 is 0 Å². The fourth-order valence-corrected chi connectivity index (χ4v) is 4.09. The average molecular weight is 310 g/mol. The number of esters is 2. The van der Waals surface area contributed by atoms with Gasteiger partial charge < -0.3 is 9.47 Å². The molecule has 2 fully saturated rings. The van der Waals surface area contributed by atoms with Gasteiger partial charge in [0.1, 0.15) is 6.10 Å². The van der Waals surface area contributed by atoms with E-state index in [9.17, 15) is 9.59 Å². The summed E-state index contributed by atoms with van der Waals surface area (Å²) >= 11 is 0. The van der Waals surface area contributed by atoms with E-state index in [-0.39, 0.29) is 40.7 Å². The van der Waals surface area contributed by atoms with Crippen molar-refractivity contribution in [1.82, 2.24) is 0 Å². The molecule has 2 rings (SSSR count). The van der Waals surface area contributed by atoms with Gasteiger partial charge in [0, 0.05) is 10.8 Å². The van der Waals surface area contributed by atoms with Gasteiger partial charge in [-0.25, -0.2) is 0 Å². The minimum Gasteiger partial charge on any atom is -0.465 e. The van der Waals surface area contributed by atoms with Crippen LogP contribution in [0.4, 0.5) is 0 Å². The largest absolute Gasteiger partial charge is 0.465 e. The van der Waals surface area contributed by atoms with Crippen molar-refractivity contribution in [3.63, 3.8) is 0 Å². The molecule has 0 aromatic carbocycles. The van der Waals surface area contributed by atoms with Gasteiger partial charge in [-0.15, -0.1) is 0 Å². The number of fused-ring (bicyclic) bond motifs is 2. The Morgan fingerprint density at radius 3 is 2.23 bits per heavy atom. The van der Waals surface area contributed by atoms with Gasteiger partial charge in [-0.05, 0) is 25.2 Å².